The molecular formula is C16H20N2O. The fourth-order valence-electron chi connectivity index (χ4n) is 2.17. The number of aromatic nitrogens is 2. The fourth-order valence-corrected chi connectivity index (χ4v) is 2.17. The predicted octanol–water partition coefficient (Wildman–Crippen LogP) is 3.20. The molecule has 19 heavy (non-hydrogen) atoms. The van der Waals surface area contributed by atoms with Crippen molar-refractivity contribution in [2.45, 2.75) is 33.1 Å². The molecule has 100 valence electrons. The standard InChI is InChI=1S/C16H20N2O/c1-13(2)11-14-12-16(9-6-10-19)18(17-14)15-7-4-3-5-8-15/h3-5,7-8,10,12-13H,6,9,11H2,1-2H3. The van der Waals surface area contributed by atoms with Crippen LogP contribution in [0, 0.1) is 5.92 Å². The number of carbonyl (C=O) groups excluding carboxylic acids is 1. The van der Waals surface area contributed by atoms with Gasteiger partial charge in [-0.25, -0.2) is 4.68 Å². The topological polar surface area (TPSA) is 34.9 Å². The molecule has 0 saturated heterocycles. The Morgan fingerprint density at radius 1 is 1.26 bits per heavy atom. The molecule has 0 spiro atoms. The van der Waals surface area contributed by atoms with E-state index in [0.29, 0.717) is 12.3 Å². The van der Waals surface area contributed by atoms with Crippen molar-refractivity contribution in [2.75, 3.05) is 0 Å². The van der Waals surface area contributed by atoms with Gasteiger partial charge in [-0.05, 0) is 37.0 Å². The van der Waals surface area contributed by atoms with Gasteiger partial charge in [-0.2, -0.15) is 5.10 Å². The summed E-state index contributed by atoms with van der Waals surface area (Å²) in [5.74, 6) is 0.582. The number of benzene rings is 1. The lowest BCUT2D eigenvalue weighted by molar-refractivity contribution is -0.107. The van der Waals surface area contributed by atoms with E-state index in [9.17, 15) is 4.79 Å². The van der Waals surface area contributed by atoms with Gasteiger partial charge < -0.3 is 4.79 Å². The van der Waals surface area contributed by atoms with E-state index < -0.39 is 0 Å². The van der Waals surface area contributed by atoms with E-state index >= 15 is 0 Å². The van der Waals surface area contributed by atoms with Crippen LogP contribution in [-0.4, -0.2) is 16.1 Å². The molecule has 1 aromatic carbocycles. The SMILES string of the molecule is CC(C)Cc1cc(CCC=O)n(-c2ccccc2)n1. The van der Waals surface area contributed by atoms with Gasteiger partial charge in [0, 0.05) is 12.1 Å². The molecule has 0 saturated carbocycles. The minimum absolute atomic E-state index is 0.541. The molecule has 0 amide bonds. The molecule has 0 aliphatic heterocycles. The first kappa shape index (κ1) is 13.5. The summed E-state index contributed by atoms with van der Waals surface area (Å²) in [5.41, 5.74) is 3.26. The molecule has 1 aromatic heterocycles. The van der Waals surface area contributed by atoms with Gasteiger partial charge in [0.2, 0.25) is 0 Å². The summed E-state index contributed by atoms with van der Waals surface area (Å²) in [5, 5.41) is 4.67. The largest absolute Gasteiger partial charge is 0.303 e. The Balaban J connectivity index is 2.33. The monoisotopic (exact) mass is 256 g/mol. The first-order chi connectivity index (χ1) is 9.20. The number of para-hydroxylation sites is 1. The number of hydrogen-bond acceptors (Lipinski definition) is 2. The van der Waals surface area contributed by atoms with Gasteiger partial charge in [0.05, 0.1) is 11.4 Å². The zero-order valence-electron chi connectivity index (χ0n) is 11.5. The maximum Gasteiger partial charge on any atom is 0.120 e. The molecule has 2 rings (SSSR count). The third kappa shape index (κ3) is 3.53. The maximum atomic E-state index is 10.6. The summed E-state index contributed by atoms with van der Waals surface area (Å²) in [4.78, 5) is 10.6. The van der Waals surface area contributed by atoms with Crippen molar-refractivity contribution in [3.8, 4) is 5.69 Å². The third-order valence-electron chi connectivity index (χ3n) is 2.97. The van der Waals surface area contributed by atoms with Crippen LogP contribution in [-0.2, 0) is 17.6 Å². The Morgan fingerprint density at radius 3 is 2.63 bits per heavy atom. The van der Waals surface area contributed by atoms with Crippen molar-refractivity contribution in [1.82, 2.24) is 9.78 Å². The average molecular weight is 256 g/mol. The van der Waals surface area contributed by atoms with Crippen LogP contribution in [0.3, 0.4) is 0 Å². The molecule has 0 fully saturated rings. The van der Waals surface area contributed by atoms with Crippen molar-refractivity contribution < 1.29 is 4.79 Å². The van der Waals surface area contributed by atoms with Gasteiger partial charge in [0.1, 0.15) is 6.29 Å². The van der Waals surface area contributed by atoms with Gasteiger partial charge in [-0.3, -0.25) is 0 Å². The number of carbonyl (C=O) groups is 1. The van der Waals surface area contributed by atoms with Crippen molar-refractivity contribution in [3.63, 3.8) is 0 Å². The highest BCUT2D eigenvalue weighted by Gasteiger charge is 2.10. The second kappa shape index (κ2) is 6.32. The van der Waals surface area contributed by atoms with Crippen LogP contribution < -0.4 is 0 Å². The lowest BCUT2D eigenvalue weighted by Crippen LogP contribution is -2.03. The smallest absolute Gasteiger partial charge is 0.120 e. The molecule has 0 atom stereocenters. The Morgan fingerprint density at radius 2 is 2.00 bits per heavy atom. The first-order valence-corrected chi connectivity index (χ1v) is 6.77. The molecule has 3 nitrogen and oxygen atoms in total. The number of aldehydes is 1. The van der Waals surface area contributed by atoms with Crippen LogP contribution in [0.1, 0.15) is 31.7 Å². The van der Waals surface area contributed by atoms with E-state index in [1.807, 2.05) is 35.0 Å². The lowest BCUT2D eigenvalue weighted by atomic mass is 10.1. The first-order valence-electron chi connectivity index (χ1n) is 6.77. The molecule has 2 aromatic rings. The van der Waals surface area contributed by atoms with Gasteiger partial charge in [-0.15, -0.1) is 0 Å². The van der Waals surface area contributed by atoms with Crippen LogP contribution in [0.4, 0.5) is 0 Å². The van der Waals surface area contributed by atoms with E-state index in [-0.39, 0.29) is 0 Å². The average Bonchev–Trinajstić information content (AvgIpc) is 2.79. The number of nitrogens with zero attached hydrogens (tertiary/aromatic N) is 2. The molecule has 0 radical (unpaired) electrons. The van der Waals surface area contributed by atoms with Crippen molar-refractivity contribution in [2.24, 2.45) is 5.92 Å². The van der Waals surface area contributed by atoms with E-state index in [1.54, 1.807) is 0 Å². The van der Waals surface area contributed by atoms with Gasteiger partial charge in [-0.1, -0.05) is 32.0 Å². The lowest BCUT2D eigenvalue weighted by Gasteiger charge is -2.05. The van der Waals surface area contributed by atoms with Gasteiger partial charge in [0.15, 0.2) is 0 Å². The van der Waals surface area contributed by atoms with Crippen LogP contribution >= 0.6 is 0 Å². The van der Waals surface area contributed by atoms with Gasteiger partial charge in [0.25, 0.3) is 0 Å². The summed E-state index contributed by atoms with van der Waals surface area (Å²) >= 11 is 0. The molecule has 0 unspecified atom stereocenters. The van der Waals surface area contributed by atoms with E-state index in [4.69, 9.17) is 0 Å². The van der Waals surface area contributed by atoms with Crippen molar-refractivity contribution in [1.29, 1.82) is 0 Å². The fraction of sp³-hybridized carbons (Fsp3) is 0.375. The summed E-state index contributed by atoms with van der Waals surface area (Å²) in [6.07, 6.45) is 3.21. The zero-order valence-corrected chi connectivity index (χ0v) is 11.5. The molecule has 0 aliphatic carbocycles. The highest BCUT2D eigenvalue weighted by Crippen LogP contribution is 2.16. The van der Waals surface area contributed by atoms with Crippen LogP contribution in [0.25, 0.3) is 5.69 Å². The summed E-state index contributed by atoms with van der Waals surface area (Å²) in [7, 11) is 0. The predicted molar refractivity (Wildman–Crippen MR) is 76.5 cm³/mol. The van der Waals surface area contributed by atoms with E-state index in [1.165, 1.54) is 0 Å². The molecule has 1 heterocycles. The third-order valence-corrected chi connectivity index (χ3v) is 2.97. The van der Waals surface area contributed by atoms with Crippen molar-refractivity contribution in [3.05, 3.63) is 47.8 Å². The minimum atomic E-state index is 0.541. The zero-order chi connectivity index (χ0) is 13.7. The minimum Gasteiger partial charge on any atom is -0.303 e. The van der Waals surface area contributed by atoms with Crippen molar-refractivity contribution >= 4 is 6.29 Å². The number of rotatable bonds is 6. The normalized spacial score (nSPS) is 10.9. The highest BCUT2D eigenvalue weighted by molar-refractivity contribution is 5.50. The molecule has 0 bridgehead atoms. The summed E-state index contributed by atoms with van der Waals surface area (Å²) < 4.78 is 1.96. The molecular weight excluding hydrogens is 236 g/mol. The molecule has 3 heteroatoms. The summed E-state index contributed by atoms with van der Waals surface area (Å²) in [6, 6.07) is 12.2. The Labute approximate surface area is 114 Å². The molecule has 0 aliphatic rings. The van der Waals surface area contributed by atoms with E-state index in [2.05, 4.69) is 25.0 Å². The summed E-state index contributed by atoms with van der Waals surface area (Å²) in [6.45, 7) is 4.37. The Kier molecular flexibility index (Phi) is 4.50. The van der Waals surface area contributed by atoms with E-state index in [0.717, 1.165) is 36.2 Å². The van der Waals surface area contributed by atoms with Gasteiger partial charge >= 0.3 is 0 Å². The second-order valence-electron chi connectivity index (χ2n) is 5.18. The Hall–Kier alpha value is -1.90. The molecule has 0 N–H and O–H groups in total. The quantitative estimate of drug-likeness (QED) is 0.744. The highest BCUT2D eigenvalue weighted by atomic mass is 16.1. The Bertz CT molecular complexity index is 529. The van der Waals surface area contributed by atoms with Crippen LogP contribution in [0.2, 0.25) is 0 Å². The van der Waals surface area contributed by atoms with Crippen LogP contribution in [0.5, 0.6) is 0 Å². The van der Waals surface area contributed by atoms with Crippen LogP contribution in [0.15, 0.2) is 36.4 Å². The number of aryl methyl sites for hydroxylation is 1. The maximum absolute atomic E-state index is 10.6. The second-order valence-corrected chi connectivity index (χ2v) is 5.18. The number of hydrogen-bond donors (Lipinski definition) is 0.